The molecule has 13 heteroatoms. The zero-order valence-electron chi connectivity index (χ0n) is 20.4. The number of H-pyrrole nitrogens is 1. The number of rotatable bonds is 4. The van der Waals surface area contributed by atoms with Crippen LogP contribution in [0.25, 0.3) is 34.4 Å². The predicted molar refractivity (Wildman–Crippen MR) is 148 cm³/mol. The fourth-order valence-corrected chi connectivity index (χ4v) is 3.06. The molecule has 0 saturated heterocycles. The molecule has 0 unspecified atom stereocenters. The molecule has 6 heterocycles. The Bertz CT molecular complexity index is 1360. The number of aryl methyl sites for hydroxylation is 2. The molecule has 0 saturated carbocycles. The summed E-state index contributed by atoms with van der Waals surface area (Å²) in [6.45, 7) is 0. The molecule has 0 aliphatic rings. The minimum absolute atomic E-state index is 0.330. The minimum Gasteiger partial charge on any atom is -0.463 e. The molecule has 0 bridgehead atoms. The van der Waals surface area contributed by atoms with Gasteiger partial charge in [0.2, 0.25) is 0 Å². The average Bonchev–Trinajstić information content (AvgIpc) is 3.75. The van der Waals surface area contributed by atoms with Crippen LogP contribution in [0.2, 0.25) is 0 Å². The highest BCUT2D eigenvalue weighted by Crippen LogP contribution is 2.17. The molecule has 0 aromatic carbocycles. The van der Waals surface area contributed by atoms with E-state index in [-0.39, 0.29) is 0 Å². The quantitative estimate of drug-likeness (QED) is 0.154. The SMILES string of the molecule is CI.Cn1ccc(-c2ccco2)n1.Cn1nc(-c2ccco2)cc1B(O)O.c1coc(-c2ccn[nH]2)c1. The molecule has 0 fully saturated rings. The van der Waals surface area contributed by atoms with E-state index >= 15 is 0 Å². The van der Waals surface area contributed by atoms with Crippen molar-refractivity contribution in [1.29, 1.82) is 0 Å². The molecular formula is C24H26BIN6O5. The van der Waals surface area contributed by atoms with Crippen molar-refractivity contribution in [2.24, 2.45) is 14.1 Å². The maximum Gasteiger partial charge on any atom is 0.507 e. The Morgan fingerprint density at radius 3 is 1.84 bits per heavy atom. The summed E-state index contributed by atoms with van der Waals surface area (Å²) in [6.07, 6.45) is 8.40. The van der Waals surface area contributed by atoms with Gasteiger partial charge in [-0.15, -0.1) is 0 Å². The van der Waals surface area contributed by atoms with Gasteiger partial charge >= 0.3 is 7.12 Å². The van der Waals surface area contributed by atoms with Gasteiger partial charge in [0.1, 0.15) is 17.1 Å². The van der Waals surface area contributed by atoms with Crippen LogP contribution in [0.4, 0.5) is 0 Å². The summed E-state index contributed by atoms with van der Waals surface area (Å²) < 4.78 is 18.5. The molecule has 0 radical (unpaired) electrons. The van der Waals surface area contributed by atoms with Gasteiger partial charge in [-0.1, -0.05) is 22.6 Å². The summed E-state index contributed by atoms with van der Waals surface area (Å²) in [6, 6.07) is 16.3. The van der Waals surface area contributed by atoms with E-state index in [0.29, 0.717) is 17.0 Å². The molecule has 0 spiro atoms. The van der Waals surface area contributed by atoms with E-state index in [4.69, 9.17) is 23.3 Å². The first-order valence-corrected chi connectivity index (χ1v) is 13.1. The Labute approximate surface area is 227 Å². The van der Waals surface area contributed by atoms with Gasteiger partial charge in [0.25, 0.3) is 0 Å². The smallest absolute Gasteiger partial charge is 0.463 e. The molecule has 192 valence electrons. The third kappa shape index (κ3) is 7.83. The Morgan fingerprint density at radius 1 is 0.811 bits per heavy atom. The summed E-state index contributed by atoms with van der Waals surface area (Å²) in [5.41, 5.74) is 2.69. The highest BCUT2D eigenvalue weighted by Gasteiger charge is 2.18. The second-order valence-corrected chi connectivity index (χ2v) is 7.23. The Balaban J connectivity index is 0.000000151. The zero-order valence-corrected chi connectivity index (χ0v) is 22.6. The summed E-state index contributed by atoms with van der Waals surface area (Å²) in [4.78, 5) is 1.97. The fourth-order valence-electron chi connectivity index (χ4n) is 3.06. The summed E-state index contributed by atoms with van der Waals surface area (Å²) >= 11 is 2.15. The van der Waals surface area contributed by atoms with Gasteiger partial charge in [0.05, 0.1) is 24.4 Å². The van der Waals surface area contributed by atoms with Crippen LogP contribution < -0.4 is 5.59 Å². The van der Waals surface area contributed by atoms with Gasteiger partial charge in [-0.05, 0) is 59.5 Å². The lowest BCUT2D eigenvalue weighted by molar-refractivity contribution is 0.421. The van der Waals surface area contributed by atoms with Crippen molar-refractivity contribution in [2.45, 2.75) is 0 Å². The molecule has 37 heavy (non-hydrogen) atoms. The number of nitrogens with one attached hydrogen (secondary N) is 1. The minimum atomic E-state index is -1.52. The Morgan fingerprint density at radius 2 is 1.41 bits per heavy atom. The van der Waals surface area contributed by atoms with E-state index in [9.17, 15) is 0 Å². The van der Waals surface area contributed by atoms with Crippen LogP contribution in [0.1, 0.15) is 0 Å². The van der Waals surface area contributed by atoms with Gasteiger partial charge in [-0.25, -0.2) is 0 Å². The van der Waals surface area contributed by atoms with E-state index in [0.717, 1.165) is 22.9 Å². The fraction of sp³-hybridized carbons (Fsp3) is 0.125. The number of halogens is 1. The molecule has 6 aromatic rings. The van der Waals surface area contributed by atoms with Crippen LogP contribution in [-0.2, 0) is 14.1 Å². The molecule has 0 aliphatic heterocycles. The number of aromatic amines is 1. The number of hydrogen-bond acceptors (Lipinski definition) is 8. The van der Waals surface area contributed by atoms with Crippen molar-refractivity contribution in [3.05, 3.63) is 85.8 Å². The molecular weight excluding hydrogens is 590 g/mol. The van der Waals surface area contributed by atoms with Crippen LogP contribution >= 0.6 is 22.6 Å². The third-order valence-electron chi connectivity index (χ3n) is 4.73. The molecule has 0 aliphatic carbocycles. The van der Waals surface area contributed by atoms with Crippen molar-refractivity contribution >= 4 is 35.3 Å². The lowest BCUT2D eigenvalue weighted by Gasteiger charge is -1.96. The molecule has 0 amide bonds. The summed E-state index contributed by atoms with van der Waals surface area (Å²) in [5.74, 6) is 2.23. The van der Waals surface area contributed by atoms with Gasteiger partial charge < -0.3 is 23.3 Å². The molecule has 6 aromatic heterocycles. The van der Waals surface area contributed by atoms with Crippen molar-refractivity contribution in [2.75, 3.05) is 4.93 Å². The van der Waals surface area contributed by atoms with Gasteiger partial charge in [-0.3, -0.25) is 14.5 Å². The third-order valence-corrected chi connectivity index (χ3v) is 4.73. The molecule has 3 N–H and O–H groups in total. The second-order valence-electron chi connectivity index (χ2n) is 7.23. The maximum absolute atomic E-state index is 8.98. The topological polar surface area (TPSA) is 144 Å². The van der Waals surface area contributed by atoms with Gasteiger partial charge in [-0.2, -0.15) is 15.3 Å². The first-order valence-electron chi connectivity index (χ1n) is 10.9. The molecule has 0 atom stereocenters. The highest BCUT2D eigenvalue weighted by atomic mass is 127. The Hall–Kier alpha value is -3.82. The number of aromatic nitrogens is 6. The first-order chi connectivity index (χ1) is 18.0. The van der Waals surface area contributed by atoms with Crippen LogP contribution in [-0.4, -0.2) is 51.9 Å². The van der Waals surface area contributed by atoms with E-state index in [1.165, 1.54) is 4.68 Å². The summed E-state index contributed by atoms with van der Waals surface area (Å²) in [7, 11) is 2.00. The average molecular weight is 616 g/mol. The number of hydrogen-bond donors (Lipinski definition) is 3. The predicted octanol–water partition coefficient (Wildman–Crippen LogP) is 3.76. The second kappa shape index (κ2) is 14.1. The number of alkyl halides is 1. The van der Waals surface area contributed by atoms with Crippen LogP contribution in [0, 0.1) is 0 Å². The molecule has 11 nitrogen and oxygen atoms in total. The Kier molecular flexibility index (Phi) is 10.6. The van der Waals surface area contributed by atoms with E-state index in [1.807, 2.05) is 54.6 Å². The first kappa shape index (κ1) is 27.8. The standard InChI is InChI=1S/C8H9BN2O3.C8H8N2O.C7H6N2O.CH3I/c1-11-8(9(12)13)5-6(10-11)7-3-2-4-14-7;1-10-5-4-7(9-10)8-3-2-6-11-8;1-2-7(10-5-1)6-3-4-8-9-6;1-2/h2-5,12-13H,1H3;2-6H,1H3;1-5H,(H,8,9);1H3. The van der Waals surface area contributed by atoms with Crippen molar-refractivity contribution in [3.8, 4) is 34.4 Å². The number of furan rings is 3. The zero-order chi connectivity index (χ0) is 26.6. The van der Waals surface area contributed by atoms with Crippen LogP contribution in [0.3, 0.4) is 0 Å². The molecule has 6 rings (SSSR count). The normalized spacial score (nSPS) is 9.89. The van der Waals surface area contributed by atoms with Gasteiger partial charge in [0, 0.05) is 26.5 Å². The van der Waals surface area contributed by atoms with Crippen LogP contribution in [0.15, 0.2) is 99.0 Å². The largest absolute Gasteiger partial charge is 0.507 e. The van der Waals surface area contributed by atoms with Crippen LogP contribution in [0.5, 0.6) is 0 Å². The summed E-state index contributed by atoms with van der Waals surface area (Å²) in [5, 5.41) is 32.8. The lowest BCUT2D eigenvalue weighted by atomic mass is 9.86. The van der Waals surface area contributed by atoms with Gasteiger partial charge in [0.15, 0.2) is 17.3 Å². The lowest BCUT2D eigenvalue weighted by Crippen LogP contribution is -2.35. The highest BCUT2D eigenvalue weighted by molar-refractivity contribution is 14.1. The van der Waals surface area contributed by atoms with Crippen molar-refractivity contribution in [3.63, 3.8) is 0 Å². The monoisotopic (exact) mass is 616 g/mol. The maximum atomic E-state index is 8.98. The van der Waals surface area contributed by atoms with E-state index < -0.39 is 7.12 Å². The van der Waals surface area contributed by atoms with Crippen molar-refractivity contribution in [1.82, 2.24) is 29.8 Å². The number of nitrogens with zero attached hydrogens (tertiary/aromatic N) is 5. The van der Waals surface area contributed by atoms with E-state index in [1.54, 1.807) is 54.9 Å². The van der Waals surface area contributed by atoms with E-state index in [2.05, 4.69) is 43.0 Å². The van der Waals surface area contributed by atoms with Crippen molar-refractivity contribution < 1.29 is 23.3 Å².